The van der Waals surface area contributed by atoms with Crippen molar-refractivity contribution in [2.75, 3.05) is 0 Å². The second kappa shape index (κ2) is 8.71. The van der Waals surface area contributed by atoms with Crippen LogP contribution >= 0.6 is 15.9 Å². The van der Waals surface area contributed by atoms with Gasteiger partial charge in [-0.25, -0.2) is 0 Å². The highest BCUT2D eigenvalue weighted by Crippen LogP contribution is 2.24. The molecule has 0 aromatic heterocycles. The SMILES string of the molecule is CCCCC(CCC)NC(C)c1ccccc1Br. The number of unbranched alkanes of at least 4 members (excludes halogenated alkanes) is 1. The summed E-state index contributed by atoms with van der Waals surface area (Å²) in [5.74, 6) is 0. The predicted molar refractivity (Wildman–Crippen MR) is 83.9 cm³/mol. The second-order valence-corrected chi connectivity index (χ2v) is 5.89. The molecule has 0 radical (unpaired) electrons. The lowest BCUT2D eigenvalue weighted by atomic mass is 10.0. The number of benzene rings is 1. The Bertz CT molecular complexity index is 338. The Morgan fingerprint density at radius 2 is 1.83 bits per heavy atom. The molecule has 0 aliphatic carbocycles. The topological polar surface area (TPSA) is 12.0 Å². The van der Waals surface area contributed by atoms with E-state index in [9.17, 15) is 0 Å². The molecule has 0 saturated carbocycles. The minimum absolute atomic E-state index is 0.411. The highest BCUT2D eigenvalue weighted by molar-refractivity contribution is 9.10. The van der Waals surface area contributed by atoms with Crippen LogP contribution in [0.15, 0.2) is 28.7 Å². The smallest absolute Gasteiger partial charge is 0.0305 e. The number of nitrogens with one attached hydrogen (secondary N) is 1. The Morgan fingerprint density at radius 3 is 2.44 bits per heavy atom. The average molecular weight is 312 g/mol. The molecule has 2 atom stereocenters. The molecule has 102 valence electrons. The van der Waals surface area contributed by atoms with Gasteiger partial charge in [-0.3, -0.25) is 0 Å². The van der Waals surface area contributed by atoms with Crippen LogP contribution in [0.25, 0.3) is 0 Å². The molecular weight excluding hydrogens is 286 g/mol. The van der Waals surface area contributed by atoms with Crippen molar-refractivity contribution < 1.29 is 0 Å². The normalized spacial score (nSPS) is 14.4. The Hall–Kier alpha value is -0.340. The fourth-order valence-corrected chi connectivity index (χ4v) is 3.01. The largest absolute Gasteiger partial charge is 0.307 e. The maximum absolute atomic E-state index is 3.78. The van der Waals surface area contributed by atoms with Crippen LogP contribution in [0, 0.1) is 0 Å². The molecular formula is C16H26BrN. The summed E-state index contributed by atoms with van der Waals surface area (Å²) in [5, 5.41) is 3.78. The van der Waals surface area contributed by atoms with Gasteiger partial charge >= 0.3 is 0 Å². The average Bonchev–Trinajstić information content (AvgIpc) is 2.36. The van der Waals surface area contributed by atoms with E-state index in [0.29, 0.717) is 12.1 Å². The molecule has 1 N–H and O–H groups in total. The monoisotopic (exact) mass is 311 g/mol. The maximum Gasteiger partial charge on any atom is 0.0305 e. The number of hydrogen-bond acceptors (Lipinski definition) is 1. The van der Waals surface area contributed by atoms with Crippen molar-refractivity contribution in [2.24, 2.45) is 0 Å². The van der Waals surface area contributed by atoms with Crippen LogP contribution in [0.5, 0.6) is 0 Å². The Balaban J connectivity index is 2.60. The van der Waals surface area contributed by atoms with Crippen LogP contribution in [0.4, 0.5) is 0 Å². The quantitative estimate of drug-likeness (QED) is 0.672. The fraction of sp³-hybridized carbons (Fsp3) is 0.625. The van der Waals surface area contributed by atoms with Crippen LogP contribution in [-0.4, -0.2) is 6.04 Å². The zero-order chi connectivity index (χ0) is 13.4. The molecule has 0 heterocycles. The van der Waals surface area contributed by atoms with Crippen LogP contribution in [-0.2, 0) is 0 Å². The minimum atomic E-state index is 0.411. The van der Waals surface area contributed by atoms with Crippen molar-refractivity contribution in [1.29, 1.82) is 0 Å². The van der Waals surface area contributed by atoms with Gasteiger partial charge in [-0.15, -0.1) is 0 Å². The fourth-order valence-electron chi connectivity index (χ4n) is 2.38. The summed E-state index contributed by atoms with van der Waals surface area (Å²) in [4.78, 5) is 0. The summed E-state index contributed by atoms with van der Waals surface area (Å²) >= 11 is 3.64. The zero-order valence-electron chi connectivity index (χ0n) is 11.9. The number of rotatable bonds is 8. The molecule has 0 aliphatic heterocycles. The summed E-state index contributed by atoms with van der Waals surface area (Å²) < 4.78 is 1.20. The second-order valence-electron chi connectivity index (χ2n) is 5.04. The van der Waals surface area contributed by atoms with Crippen molar-refractivity contribution in [1.82, 2.24) is 5.32 Å². The Labute approximate surface area is 120 Å². The number of halogens is 1. The van der Waals surface area contributed by atoms with Crippen molar-refractivity contribution in [2.45, 2.75) is 65.0 Å². The van der Waals surface area contributed by atoms with Gasteiger partial charge < -0.3 is 5.32 Å². The Morgan fingerprint density at radius 1 is 1.11 bits per heavy atom. The van der Waals surface area contributed by atoms with Crippen LogP contribution in [0.1, 0.15) is 64.5 Å². The van der Waals surface area contributed by atoms with E-state index in [4.69, 9.17) is 0 Å². The molecule has 1 aromatic rings. The summed E-state index contributed by atoms with van der Waals surface area (Å²) in [6.07, 6.45) is 6.42. The van der Waals surface area contributed by atoms with E-state index < -0.39 is 0 Å². The molecule has 0 amide bonds. The summed E-state index contributed by atoms with van der Waals surface area (Å²) in [6, 6.07) is 9.56. The van der Waals surface area contributed by atoms with Gasteiger partial charge in [-0.1, -0.05) is 67.2 Å². The van der Waals surface area contributed by atoms with Crippen LogP contribution < -0.4 is 5.32 Å². The van der Waals surface area contributed by atoms with Gasteiger partial charge in [0.2, 0.25) is 0 Å². The molecule has 2 heteroatoms. The summed E-state index contributed by atoms with van der Waals surface area (Å²) in [7, 11) is 0. The number of hydrogen-bond donors (Lipinski definition) is 1. The molecule has 1 rings (SSSR count). The van der Waals surface area contributed by atoms with Crippen molar-refractivity contribution >= 4 is 15.9 Å². The highest BCUT2D eigenvalue weighted by atomic mass is 79.9. The molecule has 0 saturated heterocycles. The van der Waals surface area contributed by atoms with E-state index in [1.807, 2.05) is 0 Å². The zero-order valence-corrected chi connectivity index (χ0v) is 13.5. The van der Waals surface area contributed by atoms with Gasteiger partial charge in [-0.05, 0) is 31.4 Å². The van der Waals surface area contributed by atoms with Gasteiger partial charge in [0.05, 0.1) is 0 Å². The molecule has 0 bridgehead atoms. The molecule has 2 unspecified atom stereocenters. The van der Waals surface area contributed by atoms with Gasteiger partial charge in [0.15, 0.2) is 0 Å². The van der Waals surface area contributed by atoms with E-state index in [1.54, 1.807) is 0 Å². The first-order chi connectivity index (χ1) is 8.69. The molecule has 0 spiro atoms. The Kier molecular flexibility index (Phi) is 7.60. The first kappa shape index (κ1) is 15.7. The van der Waals surface area contributed by atoms with Crippen LogP contribution in [0.2, 0.25) is 0 Å². The molecule has 0 aliphatic rings. The van der Waals surface area contributed by atoms with E-state index in [-0.39, 0.29) is 0 Å². The minimum Gasteiger partial charge on any atom is -0.307 e. The predicted octanol–water partition coefficient (Wildman–Crippen LogP) is 5.46. The molecule has 0 fully saturated rings. The lowest BCUT2D eigenvalue weighted by Crippen LogP contribution is -2.31. The van der Waals surface area contributed by atoms with Crippen LogP contribution in [0.3, 0.4) is 0 Å². The van der Waals surface area contributed by atoms with Gasteiger partial charge in [0.1, 0.15) is 0 Å². The lowest BCUT2D eigenvalue weighted by Gasteiger charge is -2.24. The van der Waals surface area contributed by atoms with E-state index in [2.05, 4.69) is 66.3 Å². The highest BCUT2D eigenvalue weighted by Gasteiger charge is 2.13. The van der Waals surface area contributed by atoms with Crippen molar-refractivity contribution in [3.05, 3.63) is 34.3 Å². The molecule has 1 aromatic carbocycles. The standard InChI is InChI=1S/C16H26BrN/c1-4-6-10-14(9-5-2)18-13(3)15-11-7-8-12-16(15)17/h7-8,11-14,18H,4-6,9-10H2,1-3H3. The van der Waals surface area contributed by atoms with Crippen molar-refractivity contribution in [3.8, 4) is 0 Å². The summed E-state index contributed by atoms with van der Waals surface area (Å²) in [6.45, 7) is 6.79. The third-order valence-electron chi connectivity index (χ3n) is 3.40. The van der Waals surface area contributed by atoms with Gasteiger partial charge in [-0.2, -0.15) is 0 Å². The maximum atomic E-state index is 3.78. The van der Waals surface area contributed by atoms with E-state index in [1.165, 1.54) is 42.1 Å². The van der Waals surface area contributed by atoms with Gasteiger partial charge in [0, 0.05) is 16.6 Å². The first-order valence-corrected chi connectivity index (χ1v) is 7.98. The van der Waals surface area contributed by atoms with E-state index >= 15 is 0 Å². The van der Waals surface area contributed by atoms with Gasteiger partial charge in [0.25, 0.3) is 0 Å². The lowest BCUT2D eigenvalue weighted by molar-refractivity contribution is 0.395. The van der Waals surface area contributed by atoms with Crippen molar-refractivity contribution in [3.63, 3.8) is 0 Å². The van der Waals surface area contributed by atoms with E-state index in [0.717, 1.165) is 0 Å². The third kappa shape index (κ3) is 5.11. The molecule has 1 nitrogen and oxygen atoms in total. The third-order valence-corrected chi connectivity index (χ3v) is 4.12. The summed E-state index contributed by atoms with van der Waals surface area (Å²) in [5.41, 5.74) is 1.36. The first-order valence-electron chi connectivity index (χ1n) is 7.19. The molecule has 18 heavy (non-hydrogen) atoms.